The van der Waals surface area contributed by atoms with E-state index in [1.165, 1.54) is 16.7 Å². The molecule has 17 heavy (non-hydrogen) atoms. The molecule has 0 saturated carbocycles. The number of hydrogen-bond donors (Lipinski definition) is 1. The highest BCUT2D eigenvalue weighted by atomic mass is 15.0. The second kappa shape index (κ2) is 5.22. The number of benzene rings is 1. The third kappa shape index (κ3) is 3.85. The molecule has 0 saturated heterocycles. The lowest BCUT2D eigenvalue weighted by Crippen LogP contribution is -2.39. The Morgan fingerprint density at radius 3 is 2.18 bits per heavy atom. The van der Waals surface area contributed by atoms with E-state index >= 15 is 0 Å². The first-order chi connectivity index (χ1) is 7.71. The maximum absolute atomic E-state index is 3.70. The molecule has 0 bridgehead atoms. The Bertz CT molecular complexity index is 374. The standard InChI is InChI=1S/C16H27N/c1-11-8-9-12(2)15(10-11)13(3)17-14(4)16(5,6)7/h8-10,13-14,17H,1-7H3. The molecule has 0 aliphatic heterocycles. The molecule has 0 spiro atoms. The minimum atomic E-state index is 0.298. The van der Waals surface area contributed by atoms with Crippen molar-refractivity contribution < 1.29 is 0 Å². The van der Waals surface area contributed by atoms with Gasteiger partial charge >= 0.3 is 0 Å². The summed E-state index contributed by atoms with van der Waals surface area (Å²) in [5.41, 5.74) is 4.42. The molecule has 2 atom stereocenters. The molecule has 0 amide bonds. The quantitative estimate of drug-likeness (QED) is 0.816. The highest BCUT2D eigenvalue weighted by Crippen LogP contribution is 2.24. The SMILES string of the molecule is Cc1ccc(C)c(C(C)NC(C)C(C)(C)C)c1. The van der Waals surface area contributed by atoms with E-state index in [4.69, 9.17) is 0 Å². The maximum atomic E-state index is 3.70. The third-order valence-electron chi connectivity index (χ3n) is 3.70. The number of rotatable bonds is 3. The summed E-state index contributed by atoms with van der Waals surface area (Å²) in [7, 11) is 0. The van der Waals surface area contributed by atoms with E-state index in [-0.39, 0.29) is 0 Å². The molecule has 2 unspecified atom stereocenters. The molecule has 0 aliphatic carbocycles. The van der Waals surface area contributed by atoms with Gasteiger partial charge in [0.05, 0.1) is 0 Å². The van der Waals surface area contributed by atoms with Gasteiger partial charge in [0.1, 0.15) is 0 Å². The highest BCUT2D eigenvalue weighted by Gasteiger charge is 2.22. The third-order valence-corrected chi connectivity index (χ3v) is 3.70. The van der Waals surface area contributed by atoms with Crippen molar-refractivity contribution in [2.24, 2.45) is 5.41 Å². The Balaban J connectivity index is 2.83. The average Bonchev–Trinajstić information content (AvgIpc) is 2.20. The summed E-state index contributed by atoms with van der Waals surface area (Å²) in [5, 5.41) is 3.70. The van der Waals surface area contributed by atoms with Crippen molar-refractivity contribution in [1.82, 2.24) is 5.32 Å². The Morgan fingerprint density at radius 1 is 1.06 bits per heavy atom. The van der Waals surface area contributed by atoms with Crippen LogP contribution < -0.4 is 5.32 Å². The van der Waals surface area contributed by atoms with Crippen LogP contribution >= 0.6 is 0 Å². The lowest BCUT2D eigenvalue weighted by Gasteiger charge is -2.31. The first kappa shape index (κ1) is 14.2. The zero-order chi connectivity index (χ0) is 13.2. The Morgan fingerprint density at radius 2 is 1.65 bits per heavy atom. The van der Waals surface area contributed by atoms with E-state index in [1.807, 2.05) is 0 Å². The van der Waals surface area contributed by atoms with Gasteiger partial charge in [0.25, 0.3) is 0 Å². The van der Waals surface area contributed by atoms with Gasteiger partial charge < -0.3 is 5.32 Å². The van der Waals surface area contributed by atoms with Crippen molar-refractivity contribution in [2.75, 3.05) is 0 Å². The summed E-state index contributed by atoms with van der Waals surface area (Å²) in [4.78, 5) is 0. The van der Waals surface area contributed by atoms with Crippen molar-refractivity contribution in [3.8, 4) is 0 Å². The van der Waals surface area contributed by atoms with Crippen LogP contribution in [0.5, 0.6) is 0 Å². The molecule has 1 nitrogen and oxygen atoms in total. The Hall–Kier alpha value is -0.820. The van der Waals surface area contributed by atoms with Crippen LogP contribution in [0.1, 0.15) is 57.4 Å². The summed E-state index contributed by atoms with van der Waals surface area (Å²) >= 11 is 0. The molecule has 1 N–H and O–H groups in total. The van der Waals surface area contributed by atoms with Crippen molar-refractivity contribution in [3.63, 3.8) is 0 Å². The predicted octanol–water partition coefficient (Wildman–Crippen LogP) is 4.39. The first-order valence-electron chi connectivity index (χ1n) is 6.55. The van der Waals surface area contributed by atoms with Gasteiger partial charge in [-0.15, -0.1) is 0 Å². The summed E-state index contributed by atoms with van der Waals surface area (Å²) in [6.07, 6.45) is 0. The lowest BCUT2D eigenvalue weighted by molar-refractivity contribution is 0.268. The normalized spacial score (nSPS) is 15.7. The fourth-order valence-corrected chi connectivity index (χ4v) is 1.94. The molecular weight excluding hydrogens is 206 g/mol. The molecule has 1 aromatic carbocycles. The van der Waals surface area contributed by atoms with Gasteiger partial charge in [0, 0.05) is 12.1 Å². The molecule has 96 valence electrons. The maximum Gasteiger partial charge on any atom is 0.0297 e. The van der Waals surface area contributed by atoms with Crippen LogP contribution in [-0.4, -0.2) is 6.04 Å². The monoisotopic (exact) mass is 233 g/mol. The summed E-state index contributed by atoms with van der Waals surface area (Å²) in [5.74, 6) is 0. The highest BCUT2D eigenvalue weighted by molar-refractivity contribution is 5.32. The van der Waals surface area contributed by atoms with E-state index in [0.29, 0.717) is 17.5 Å². The Labute approximate surface area is 107 Å². The fraction of sp³-hybridized carbons (Fsp3) is 0.625. The van der Waals surface area contributed by atoms with E-state index in [2.05, 4.69) is 72.0 Å². The van der Waals surface area contributed by atoms with Crippen molar-refractivity contribution in [3.05, 3.63) is 34.9 Å². The molecule has 0 aliphatic rings. The van der Waals surface area contributed by atoms with E-state index < -0.39 is 0 Å². The largest absolute Gasteiger partial charge is 0.307 e. The molecule has 1 aromatic rings. The number of nitrogens with one attached hydrogen (secondary N) is 1. The predicted molar refractivity (Wildman–Crippen MR) is 76.4 cm³/mol. The van der Waals surface area contributed by atoms with Crippen molar-refractivity contribution in [2.45, 2.75) is 60.5 Å². The molecule has 0 fully saturated rings. The summed E-state index contributed by atoms with van der Waals surface area (Å²) in [6.45, 7) is 15.7. The van der Waals surface area contributed by atoms with Crippen LogP contribution in [0, 0.1) is 19.3 Å². The van der Waals surface area contributed by atoms with Gasteiger partial charge in [-0.05, 0) is 44.2 Å². The average molecular weight is 233 g/mol. The molecule has 1 heteroatoms. The van der Waals surface area contributed by atoms with Crippen LogP contribution in [0.3, 0.4) is 0 Å². The van der Waals surface area contributed by atoms with Crippen LogP contribution in [0.2, 0.25) is 0 Å². The number of hydrogen-bond acceptors (Lipinski definition) is 1. The van der Waals surface area contributed by atoms with Gasteiger partial charge in [-0.2, -0.15) is 0 Å². The zero-order valence-electron chi connectivity index (χ0n) is 12.4. The summed E-state index contributed by atoms with van der Waals surface area (Å²) in [6, 6.07) is 7.59. The molecule has 0 radical (unpaired) electrons. The molecule has 1 rings (SSSR count). The Kier molecular flexibility index (Phi) is 4.37. The second-order valence-electron chi connectivity index (χ2n) is 6.34. The van der Waals surface area contributed by atoms with Crippen molar-refractivity contribution in [1.29, 1.82) is 0 Å². The fourth-order valence-electron chi connectivity index (χ4n) is 1.94. The minimum Gasteiger partial charge on any atom is -0.307 e. The first-order valence-corrected chi connectivity index (χ1v) is 6.55. The minimum absolute atomic E-state index is 0.298. The van der Waals surface area contributed by atoms with Crippen LogP contribution in [0.25, 0.3) is 0 Å². The number of aryl methyl sites for hydroxylation is 2. The summed E-state index contributed by atoms with van der Waals surface area (Å²) < 4.78 is 0. The molecule has 0 heterocycles. The second-order valence-corrected chi connectivity index (χ2v) is 6.34. The molecular formula is C16H27N. The van der Waals surface area contributed by atoms with E-state index in [9.17, 15) is 0 Å². The van der Waals surface area contributed by atoms with Gasteiger partial charge in [-0.3, -0.25) is 0 Å². The van der Waals surface area contributed by atoms with E-state index in [1.54, 1.807) is 0 Å². The topological polar surface area (TPSA) is 12.0 Å². The van der Waals surface area contributed by atoms with Crippen LogP contribution in [-0.2, 0) is 0 Å². The van der Waals surface area contributed by atoms with Gasteiger partial charge in [-0.25, -0.2) is 0 Å². The van der Waals surface area contributed by atoms with Crippen LogP contribution in [0.4, 0.5) is 0 Å². The van der Waals surface area contributed by atoms with Crippen LogP contribution in [0.15, 0.2) is 18.2 Å². The smallest absolute Gasteiger partial charge is 0.0297 e. The van der Waals surface area contributed by atoms with E-state index in [0.717, 1.165) is 0 Å². The molecule has 0 aromatic heterocycles. The zero-order valence-corrected chi connectivity index (χ0v) is 12.4. The van der Waals surface area contributed by atoms with Gasteiger partial charge in [-0.1, -0.05) is 44.5 Å². The van der Waals surface area contributed by atoms with Gasteiger partial charge in [0.2, 0.25) is 0 Å². The van der Waals surface area contributed by atoms with Crippen molar-refractivity contribution >= 4 is 0 Å². The lowest BCUT2D eigenvalue weighted by atomic mass is 9.87. The van der Waals surface area contributed by atoms with Gasteiger partial charge in [0.15, 0.2) is 0 Å².